The normalized spacial score (nSPS) is 15.1. The number of amides is 1. The molecule has 9 heteroatoms. The van der Waals surface area contributed by atoms with Gasteiger partial charge in [0.1, 0.15) is 17.0 Å². The molecule has 0 unspecified atom stereocenters. The number of rotatable bonds is 5. The minimum Gasteiger partial charge on any atom is -0.352 e. The van der Waals surface area contributed by atoms with Gasteiger partial charge in [-0.3, -0.25) is 4.79 Å². The average molecular weight is 431 g/mol. The molecule has 29 heavy (non-hydrogen) atoms. The Kier molecular flexibility index (Phi) is 5.51. The fourth-order valence-corrected chi connectivity index (χ4v) is 5.87. The first kappa shape index (κ1) is 19.8. The van der Waals surface area contributed by atoms with Gasteiger partial charge in [0.15, 0.2) is 9.84 Å². The third-order valence-corrected chi connectivity index (χ3v) is 7.83. The lowest BCUT2D eigenvalue weighted by molar-refractivity contribution is 0.0742. The Labute approximate surface area is 173 Å². The summed E-state index contributed by atoms with van der Waals surface area (Å²) in [7, 11) is -3.47. The van der Waals surface area contributed by atoms with E-state index in [-0.39, 0.29) is 22.1 Å². The maximum Gasteiger partial charge on any atom is 0.255 e. The van der Waals surface area contributed by atoms with Gasteiger partial charge in [0.05, 0.1) is 21.6 Å². The van der Waals surface area contributed by atoms with Crippen LogP contribution < -0.4 is 4.90 Å². The van der Waals surface area contributed by atoms with Crippen LogP contribution >= 0.6 is 11.3 Å². The molecule has 1 aromatic carbocycles. The lowest BCUT2D eigenvalue weighted by atomic mass is 10.1. The van der Waals surface area contributed by atoms with Crippen LogP contribution in [-0.4, -0.2) is 61.1 Å². The molecule has 1 aliphatic heterocycles. The Morgan fingerprint density at radius 3 is 2.62 bits per heavy atom. The molecule has 1 aliphatic rings. The zero-order valence-corrected chi connectivity index (χ0v) is 17.7. The van der Waals surface area contributed by atoms with Gasteiger partial charge < -0.3 is 9.80 Å². The minimum atomic E-state index is -3.47. The molecule has 0 N–H and O–H groups in total. The summed E-state index contributed by atoms with van der Waals surface area (Å²) < 4.78 is 25.2. The number of aromatic nitrogens is 2. The van der Waals surface area contributed by atoms with Crippen LogP contribution in [0.15, 0.2) is 46.9 Å². The molecule has 1 amide bonds. The van der Waals surface area contributed by atoms with Crippen LogP contribution in [-0.2, 0) is 9.84 Å². The highest BCUT2D eigenvalue weighted by atomic mass is 32.2. The van der Waals surface area contributed by atoms with Gasteiger partial charge in [-0.2, -0.15) is 0 Å². The summed E-state index contributed by atoms with van der Waals surface area (Å²) in [6.45, 7) is 4.11. The maximum absolute atomic E-state index is 13.1. The molecule has 152 valence electrons. The highest BCUT2D eigenvalue weighted by molar-refractivity contribution is 7.91. The van der Waals surface area contributed by atoms with E-state index in [9.17, 15) is 13.2 Å². The second kappa shape index (κ2) is 8.08. The van der Waals surface area contributed by atoms with Crippen molar-refractivity contribution in [3.05, 3.63) is 47.6 Å². The Bertz CT molecular complexity index is 1140. The van der Waals surface area contributed by atoms with Gasteiger partial charge in [-0.05, 0) is 30.0 Å². The summed E-state index contributed by atoms with van der Waals surface area (Å²) in [5.74, 6) is 0.688. The molecule has 2 aromatic heterocycles. The number of anilines is 1. The molecule has 3 heterocycles. The Hall–Kier alpha value is -2.52. The van der Waals surface area contributed by atoms with Crippen molar-refractivity contribution in [2.75, 3.05) is 36.8 Å². The third kappa shape index (κ3) is 3.84. The van der Waals surface area contributed by atoms with Crippen LogP contribution in [0.3, 0.4) is 0 Å². The molecule has 4 rings (SSSR count). The van der Waals surface area contributed by atoms with Crippen molar-refractivity contribution in [1.82, 2.24) is 14.9 Å². The number of hydrogen-bond donors (Lipinski definition) is 0. The van der Waals surface area contributed by atoms with Crippen LogP contribution in [0.25, 0.3) is 10.2 Å². The minimum absolute atomic E-state index is 0.0371. The molecule has 0 saturated carbocycles. The van der Waals surface area contributed by atoms with E-state index < -0.39 is 9.84 Å². The molecule has 0 atom stereocenters. The predicted molar refractivity (Wildman–Crippen MR) is 114 cm³/mol. The summed E-state index contributed by atoms with van der Waals surface area (Å²) in [6.07, 6.45) is 2.08. The van der Waals surface area contributed by atoms with Gasteiger partial charge in [-0.1, -0.05) is 19.1 Å². The highest BCUT2D eigenvalue weighted by Gasteiger charge is 2.28. The zero-order valence-electron chi connectivity index (χ0n) is 16.1. The van der Waals surface area contributed by atoms with Gasteiger partial charge in [-0.15, -0.1) is 11.3 Å². The molecular weight excluding hydrogens is 408 g/mol. The molecule has 1 saturated heterocycles. The van der Waals surface area contributed by atoms with Crippen molar-refractivity contribution in [1.29, 1.82) is 0 Å². The van der Waals surface area contributed by atoms with Gasteiger partial charge >= 0.3 is 0 Å². The fraction of sp³-hybridized carbons (Fsp3) is 0.350. The maximum atomic E-state index is 13.1. The summed E-state index contributed by atoms with van der Waals surface area (Å²) >= 11 is 1.58. The van der Waals surface area contributed by atoms with Crippen molar-refractivity contribution in [2.24, 2.45) is 0 Å². The number of nitrogens with zero attached hydrogens (tertiary/aromatic N) is 4. The van der Waals surface area contributed by atoms with E-state index in [2.05, 4.69) is 14.9 Å². The largest absolute Gasteiger partial charge is 0.352 e. The summed E-state index contributed by atoms with van der Waals surface area (Å²) in [5, 5.41) is 3.02. The number of fused-ring (bicyclic) bond motifs is 1. The first-order valence-electron chi connectivity index (χ1n) is 9.55. The molecule has 0 aliphatic carbocycles. The van der Waals surface area contributed by atoms with Crippen LogP contribution in [0, 0.1) is 0 Å². The van der Waals surface area contributed by atoms with Gasteiger partial charge in [0.25, 0.3) is 5.91 Å². The van der Waals surface area contributed by atoms with Crippen LogP contribution in [0.5, 0.6) is 0 Å². The molecule has 0 bridgehead atoms. The van der Waals surface area contributed by atoms with E-state index in [0.717, 1.165) is 16.0 Å². The molecular formula is C20H22N4O3S2. The van der Waals surface area contributed by atoms with Crippen LogP contribution in [0.2, 0.25) is 0 Å². The number of thiophene rings is 1. The zero-order chi connectivity index (χ0) is 20.4. The second-order valence-electron chi connectivity index (χ2n) is 6.93. The average Bonchev–Trinajstić information content (AvgIpc) is 3.22. The smallest absolute Gasteiger partial charge is 0.255 e. The number of benzene rings is 1. The molecule has 7 nitrogen and oxygen atoms in total. The van der Waals surface area contributed by atoms with Crippen molar-refractivity contribution in [3.8, 4) is 0 Å². The Morgan fingerprint density at radius 1 is 1.10 bits per heavy atom. The number of sulfone groups is 1. The molecule has 0 spiro atoms. The summed E-state index contributed by atoms with van der Waals surface area (Å²) in [5.41, 5.74) is 0.261. The SMILES string of the molecule is CCCS(=O)(=O)c1ccccc1C(=O)N1CCN(c2ncnc3sccc23)CC1. The third-order valence-electron chi connectivity index (χ3n) is 5.03. The summed E-state index contributed by atoms with van der Waals surface area (Å²) in [6, 6.07) is 8.53. The van der Waals surface area contributed by atoms with Crippen LogP contribution in [0.4, 0.5) is 5.82 Å². The molecule has 3 aromatic rings. The van der Waals surface area contributed by atoms with E-state index >= 15 is 0 Å². The number of carbonyl (C=O) groups is 1. The topological polar surface area (TPSA) is 83.5 Å². The lowest BCUT2D eigenvalue weighted by Gasteiger charge is -2.35. The van der Waals surface area contributed by atoms with Gasteiger partial charge in [0.2, 0.25) is 0 Å². The van der Waals surface area contributed by atoms with E-state index in [1.807, 2.05) is 18.4 Å². The quantitative estimate of drug-likeness (QED) is 0.619. The first-order chi connectivity index (χ1) is 14.0. The van der Waals surface area contributed by atoms with E-state index in [0.29, 0.717) is 32.6 Å². The Morgan fingerprint density at radius 2 is 1.86 bits per heavy atom. The number of carbonyl (C=O) groups excluding carboxylic acids is 1. The Balaban J connectivity index is 1.53. The standard InChI is InChI=1S/C20H22N4O3S2/c1-2-13-29(26,27)17-6-4-3-5-15(17)20(25)24-10-8-23(9-11-24)18-16-7-12-28-19(16)22-14-21-18/h3-7,12,14H,2,8-11,13H2,1H3. The highest BCUT2D eigenvalue weighted by Crippen LogP contribution is 2.28. The van der Waals surface area contributed by atoms with E-state index in [1.165, 1.54) is 6.07 Å². The summed E-state index contributed by atoms with van der Waals surface area (Å²) in [4.78, 5) is 26.8. The molecule has 1 fully saturated rings. The fourth-order valence-electron chi connectivity index (χ4n) is 3.61. The van der Waals surface area contributed by atoms with Crippen molar-refractivity contribution < 1.29 is 13.2 Å². The monoisotopic (exact) mass is 430 g/mol. The van der Waals surface area contributed by atoms with Gasteiger partial charge in [-0.25, -0.2) is 18.4 Å². The van der Waals surface area contributed by atoms with Crippen molar-refractivity contribution >= 4 is 43.1 Å². The number of hydrogen-bond acceptors (Lipinski definition) is 7. The van der Waals surface area contributed by atoms with Crippen molar-refractivity contribution in [3.63, 3.8) is 0 Å². The predicted octanol–water partition coefficient (Wildman–Crippen LogP) is 2.84. The first-order valence-corrected chi connectivity index (χ1v) is 12.1. The molecule has 0 radical (unpaired) electrons. The number of piperazine rings is 1. The van der Waals surface area contributed by atoms with E-state index in [1.54, 1.807) is 40.8 Å². The van der Waals surface area contributed by atoms with Gasteiger partial charge in [0, 0.05) is 26.2 Å². The van der Waals surface area contributed by atoms with Crippen LogP contribution in [0.1, 0.15) is 23.7 Å². The van der Waals surface area contributed by atoms with Crippen molar-refractivity contribution in [2.45, 2.75) is 18.2 Å². The lowest BCUT2D eigenvalue weighted by Crippen LogP contribution is -2.49. The second-order valence-corrected chi connectivity index (χ2v) is 9.90. The van der Waals surface area contributed by atoms with E-state index in [4.69, 9.17) is 0 Å².